The van der Waals surface area contributed by atoms with Crippen molar-refractivity contribution in [3.63, 3.8) is 0 Å². The Morgan fingerprint density at radius 1 is 1.18 bits per heavy atom. The predicted molar refractivity (Wildman–Crippen MR) is 66.0 cm³/mol. The normalized spacial score (nSPS) is 10.0. The third kappa shape index (κ3) is 2.63. The fraction of sp³-hybridized carbons (Fsp3) is 0.0769. The Bertz CT molecular complexity index is 537. The van der Waals surface area contributed by atoms with Crippen LogP contribution in [0, 0.1) is 0 Å². The summed E-state index contributed by atoms with van der Waals surface area (Å²) in [4.78, 5) is 15.4. The molecule has 0 fully saturated rings. The Labute approximate surface area is 104 Å². The predicted octanol–water partition coefficient (Wildman–Crippen LogP) is 3.19. The zero-order valence-electron chi connectivity index (χ0n) is 9.18. The average Bonchev–Trinajstić information content (AvgIpc) is 2.39. The molecule has 3 nitrogen and oxygen atoms in total. The highest BCUT2D eigenvalue weighted by atomic mass is 35.5. The second kappa shape index (κ2) is 4.97. The first-order valence-electron chi connectivity index (χ1n) is 5.00. The van der Waals surface area contributed by atoms with Crippen molar-refractivity contribution in [3.8, 4) is 11.1 Å². The van der Waals surface area contributed by atoms with Crippen LogP contribution >= 0.6 is 11.6 Å². The Kier molecular flexibility index (Phi) is 3.40. The summed E-state index contributed by atoms with van der Waals surface area (Å²) in [5.41, 5.74) is 2.23. The minimum Gasteiger partial charge on any atom is -0.465 e. The van der Waals surface area contributed by atoms with Crippen LogP contribution in [0.2, 0.25) is 5.02 Å². The van der Waals surface area contributed by atoms with Gasteiger partial charge in [-0.15, -0.1) is 0 Å². The number of ether oxygens (including phenoxy) is 1. The summed E-state index contributed by atoms with van der Waals surface area (Å²) in [6, 6.07) is 9.08. The standard InChI is InChI=1S/C13H10ClNO2/c1-17-13(16)11-6-10(7-15-8-11)9-2-4-12(14)5-3-9/h2-8H,1H3. The number of carbonyl (C=O) groups excluding carboxylic acids is 1. The molecule has 1 heterocycles. The molecule has 0 aliphatic carbocycles. The van der Waals surface area contributed by atoms with Crippen LogP contribution in [0.4, 0.5) is 0 Å². The molecule has 0 aliphatic heterocycles. The van der Waals surface area contributed by atoms with E-state index in [4.69, 9.17) is 11.6 Å². The molecule has 0 bridgehead atoms. The van der Waals surface area contributed by atoms with Gasteiger partial charge in [-0.3, -0.25) is 4.98 Å². The molecule has 0 saturated heterocycles. The molecule has 86 valence electrons. The molecule has 0 saturated carbocycles. The lowest BCUT2D eigenvalue weighted by molar-refractivity contribution is 0.0600. The molecule has 1 aromatic carbocycles. The highest BCUT2D eigenvalue weighted by molar-refractivity contribution is 6.30. The van der Waals surface area contributed by atoms with Crippen molar-refractivity contribution in [1.82, 2.24) is 4.98 Å². The summed E-state index contributed by atoms with van der Waals surface area (Å²) in [5.74, 6) is -0.395. The number of hydrogen-bond acceptors (Lipinski definition) is 3. The van der Waals surface area contributed by atoms with Gasteiger partial charge < -0.3 is 4.74 Å². The van der Waals surface area contributed by atoms with Crippen LogP contribution in [0.3, 0.4) is 0 Å². The number of methoxy groups -OCH3 is 1. The molecular weight excluding hydrogens is 238 g/mol. The molecule has 0 spiro atoms. The second-order valence-electron chi connectivity index (χ2n) is 3.46. The first-order chi connectivity index (χ1) is 8.20. The van der Waals surface area contributed by atoms with Gasteiger partial charge in [-0.1, -0.05) is 23.7 Å². The average molecular weight is 248 g/mol. The van der Waals surface area contributed by atoms with Gasteiger partial charge in [0.15, 0.2) is 0 Å². The fourth-order valence-corrected chi connectivity index (χ4v) is 1.60. The summed E-state index contributed by atoms with van der Waals surface area (Å²) < 4.78 is 4.65. The molecule has 0 aliphatic rings. The third-order valence-corrected chi connectivity index (χ3v) is 2.59. The van der Waals surface area contributed by atoms with Crippen molar-refractivity contribution in [3.05, 3.63) is 53.3 Å². The maximum absolute atomic E-state index is 11.4. The molecule has 0 N–H and O–H groups in total. The summed E-state index contributed by atoms with van der Waals surface area (Å²) >= 11 is 5.81. The van der Waals surface area contributed by atoms with Crippen molar-refractivity contribution in [2.75, 3.05) is 7.11 Å². The van der Waals surface area contributed by atoms with Gasteiger partial charge >= 0.3 is 5.97 Å². The quantitative estimate of drug-likeness (QED) is 0.765. The van der Waals surface area contributed by atoms with E-state index in [1.54, 1.807) is 24.4 Å². The number of hydrogen-bond donors (Lipinski definition) is 0. The third-order valence-electron chi connectivity index (χ3n) is 2.34. The molecular formula is C13H10ClNO2. The van der Waals surface area contributed by atoms with Crippen molar-refractivity contribution in [1.29, 1.82) is 0 Å². The van der Waals surface area contributed by atoms with Gasteiger partial charge in [0.05, 0.1) is 12.7 Å². The Morgan fingerprint density at radius 3 is 2.53 bits per heavy atom. The van der Waals surface area contributed by atoms with Gasteiger partial charge in [0.25, 0.3) is 0 Å². The first kappa shape index (κ1) is 11.6. The highest BCUT2D eigenvalue weighted by Gasteiger charge is 2.07. The monoisotopic (exact) mass is 247 g/mol. The van der Waals surface area contributed by atoms with Crippen LogP contribution in [0.25, 0.3) is 11.1 Å². The molecule has 2 rings (SSSR count). The summed E-state index contributed by atoms with van der Waals surface area (Å²) in [6.45, 7) is 0. The van der Waals surface area contributed by atoms with E-state index in [-0.39, 0.29) is 0 Å². The van der Waals surface area contributed by atoms with Crippen LogP contribution in [-0.4, -0.2) is 18.1 Å². The van der Waals surface area contributed by atoms with Crippen LogP contribution in [0.15, 0.2) is 42.7 Å². The van der Waals surface area contributed by atoms with Crippen molar-refractivity contribution in [2.45, 2.75) is 0 Å². The number of carbonyl (C=O) groups is 1. The molecule has 2 aromatic rings. The maximum atomic E-state index is 11.4. The fourth-order valence-electron chi connectivity index (χ4n) is 1.47. The minimum atomic E-state index is -0.395. The number of benzene rings is 1. The van der Waals surface area contributed by atoms with Gasteiger partial charge in [0.1, 0.15) is 0 Å². The Hall–Kier alpha value is -1.87. The van der Waals surface area contributed by atoms with Gasteiger partial charge in [-0.05, 0) is 23.8 Å². The molecule has 4 heteroatoms. The number of rotatable bonds is 2. The number of esters is 1. The molecule has 1 aromatic heterocycles. The lowest BCUT2D eigenvalue weighted by atomic mass is 10.1. The van der Waals surface area contributed by atoms with Crippen LogP contribution < -0.4 is 0 Å². The Morgan fingerprint density at radius 2 is 1.88 bits per heavy atom. The highest BCUT2D eigenvalue weighted by Crippen LogP contribution is 2.21. The minimum absolute atomic E-state index is 0.395. The molecule has 17 heavy (non-hydrogen) atoms. The molecule has 0 amide bonds. The van der Waals surface area contributed by atoms with E-state index in [9.17, 15) is 4.79 Å². The first-order valence-corrected chi connectivity index (χ1v) is 5.38. The van der Waals surface area contributed by atoms with Crippen LogP contribution in [-0.2, 0) is 4.74 Å². The van der Waals surface area contributed by atoms with Crippen molar-refractivity contribution in [2.24, 2.45) is 0 Å². The largest absolute Gasteiger partial charge is 0.465 e. The summed E-state index contributed by atoms with van der Waals surface area (Å²) in [7, 11) is 1.34. The number of nitrogens with zero attached hydrogens (tertiary/aromatic N) is 1. The van der Waals surface area contributed by atoms with Gasteiger partial charge in [-0.25, -0.2) is 4.79 Å². The smallest absolute Gasteiger partial charge is 0.339 e. The second-order valence-corrected chi connectivity index (χ2v) is 3.90. The summed E-state index contributed by atoms with van der Waals surface area (Å²) in [6.07, 6.45) is 3.17. The number of aromatic nitrogens is 1. The zero-order chi connectivity index (χ0) is 12.3. The van der Waals surface area contributed by atoms with Crippen molar-refractivity contribution >= 4 is 17.6 Å². The van der Waals surface area contributed by atoms with E-state index in [1.165, 1.54) is 13.3 Å². The van der Waals surface area contributed by atoms with E-state index in [0.717, 1.165) is 11.1 Å². The summed E-state index contributed by atoms with van der Waals surface area (Å²) in [5, 5.41) is 0.672. The SMILES string of the molecule is COC(=O)c1cncc(-c2ccc(Cl)cc2)c1. The molecule has 0 atom stereocenters. The van der Waals surface area contributed by atoms with E-state index >= 15 is 0 Å². The Balaban J connectivity index is 2.39. The molecule has 0 radical (unpaired) electrons. The number of halogens is 1. The lowest BCUT2D eigenvalue weighted by Crippen LogP contribution is -2.01. The maximum Gasteiger partial charge on any atom is 0.339 e. The van der Waals surface area contributed by atoms with Gasteiger partial charge in [0, 0.05) is 23.0 Å². The van der Waals surface area contributed by atoms with Gasteiger partial charge in [0.2, 0.25) is 0 Å². The van der Waals surface area contributed by atoms with E-state index in [2.05, 4.69) is 9.72 Å². The van der Waals surface area contributed by atoms with Gasteiger partial charge in [-0.2, -0.15) is 0 Å². The van der Waals surface area contributed by atoms with Crippen molar-refractivity contribution < 1.29 is 9.53 Å². The van der Waals surface area contributed by atoms with Crippen LogP contribution in [0.1, 0.15) is 10.4 Å². The van der Waals surface area contributed by atoms with Crippen LogP contribution in [0.5, 0.6) is 0 Å². The molecule has 0 unspecified atom stereocenters. The topological polar surface area (TPSA) is 39.2 Å². The number of pyridine rings is 1. The van der Waals surface area contributed by atoms with E-state index < -0.39 is 5.97 Å². The van der Waals surface area contributed by atoms with E-state index in [1.807, 2.05) is 12.1 Å². The lowest BCUT2D eigenvalue weighted by Gasteiger charge is -2.03. The van der Waals surface area contributed by atoms with E-state index in [0.29, 0.717) is 10.6 Å². The zero-order valence-corrected chi connectivity index (χ0v) is 9.94.